The molecule has 0 spiro atoms. The lowest BCUT2D eigenvalue weighted by atomic mass is 9.96. The Morgan fingerprint density at radius 1 is 0.909 bits per heavy atom. The molecular weight excluding hydrogens is 429 g/mol. The van der Waals surface area contributed by atoms with Crippen molar-refractivity contribution in [1.29, 1.82) is 0 Å². The van der Waals surface area contributed by atoms with E-state index in [-0.39, 0.29) is 11.8 Å². The second kappa shape index (κ2) is 9.68. The number of aromatic nitrogens is 2. The first-order valence-corrected chi connectivity index (χ1v) is 11.1. The zero-order valence-corrected chi connectivity index (χ0v) is 18.7. The molecule has 1 aliphatic carbocycles. The molecule has 0 radical (unpaired) electrons. The van der Waals surface area contributed by atoms with Crippen molar-refractivity contribution < 1.29 is 17.9 Å². The summed E-state index contributed by atoms with van der Waals surface area (Å²) >= 11 is 0. The fourth-order valence-electron chi connectivity index (χ4n) is 4.15. The normalized spacial score (nSPS) is 14.7. The molecule has 0 bridgehead atoms. The molecular formula is C25H27F3N4O. The van der Waals surface area contributed by atoms with Crippen molar-refractivity contribution in [1.82, 2.24) is 9.97 Å². The van der Waals surface area contributed by atoms with Crippen molar-refractivity contribution in [3.05, 3.63) is 59.7 Å². The summed E-state index contributed by atoms with van der Waals surface area (Å²) in [6.45, 7) is 4.02. The number of benzene rings is 2. The molecule has 2 aromatic carbocycles. The molecule has 0 aliphatic heterocycles. The van der Waals surface area contributed by atoms with Crippen molar-refractivity contribution in [2.24, 2.45) is 0 Å². The number of aryl methyl sites for hydroxylation is 2. The maximum Gasteiger partial charge on any atom is 0.573 e. The van der Waals surface area contributed by atoms with E-state index >= 15 is 0 Å². The Kier molecular flexibility index (Phi) is 6.72. The molecule has 8 heteroatoms. The highest BCUT2D eigenvalue weighted by molar-refractivity contribution is 5.70. The second-order valence-electron chi connectivity index (χ2n) is 8.41. The monoisotopic (exact) mass is 456 g/mol. The first-order valence-electron chi connectivity index (χ1n) is 11.1. The Bertz CT molecular complexity index is 1090. The summed E-state index contributed by atoms with van der Waals surface area (Å²) in [7, 11) is 0. The zero-order valence-electron chi connectivity index (χ0n) is 18.7. The first kappa shape index (κ1) is 22.9. The molecule has 1 saturated carbocycles. The van der Waals surface area contributed by atoms with Gasteiger partial charge in [-0.3, -0.25) is 0 Å². The Morgan fingerprint density at radius 3 is 2.30 bits per heavy atom. The van der Waals surface area contributed by atoms with E-state index in [1.165, 1.54) is 24.6 Å². The maximum atomic E-state index is 12.7. The number of rotatable bonds is 6. The van der Waals surface area contributed by atoms with Gasteiger partial charge < -0.3 is 15.4 Å². The third kappa shape index (κ3) is 6.15. The number of ether oxygens (including phenoxy) is 1. The van der Waals surface area contributed by atoms with Crippen LogP contribution >= 0.6 is 0 Å². The number of alkyl halides is 3. The van der Waals surface area contributed by atoms with Gasteiger partial charge in [-0.2, -0.15) is 4.98 Å². The van der Waals surface area contributed by atoms with E-state index in [2.05, 4.69) is 25.3 Å². The van der Waals surface area contributed by atoms with Crippen LogP contribution in [0.3, 0.4) is 0 Å². The van der Waals surface area contributed by atoms with Gasteiger partial charge in [0, 0.05) is 23.4 Å². The lowest BCUT2D eigenvalue weighted by Crippen LogP contribution is -2.23. The molecule has 4 rings (SSSR count). The van der Waals surface area contributed by atoms with Crippen molar-refractivity contribution in [2.45, 2.75) is 58.4 Å². The SMILES string of the molecule is Cc1cccc(C)c1Nc1cc(-c2cccc(OC(F)(F)F)c2)nc(NC2CCCCC2)n1. The van der Waals surface area contributed by atoms with E-state index in [0.717, 1.165) is 42.5 Å². The van der Waals surface area contributed by atoms with Crippen LogP contribution in [-0.4, -0.2) is 22.4 Å². The van der Waals surface area contributed by atoms with Gasteiger partial charge >= 0.3 is 6.36 Å². The van der Waals surface area contributed by atoms with Gasteiger partial charge in [0.15, 0.2) is 0 Å². The zero-order chi connectivity index (χ0) is 23.4. The van der Waals surface area contributed by atoms with Gasteiger partial charge in [-0.25, -0.2) is 4.98 Å². The van der Waals surface area contributed by atoms with Gasteiger partial charge in [0.1, 0.15) is 11.6 Å². The summed E-state index contributed by atoms with van der Waals surface area (Å²) in [4.78, 5) is 9.29. The number of anilines is 3. The van der Waals surface area contributed by atoms with Gasteiger partial charge in [0.2, 0.25) is 5.95 Å². The second-order valence-corrected chi connectivity index (χ2v) is 8.41. The van der Waals surface area contributed by atoms with Crippen molar-refractivity contribution in [2.75, 3.05) is 10.6 Å². The highest BCUT2D eigenvalue weighted by atomic mass is 19.4. The number of nitrogens with zero attached hydrogens (tertiary/aromatic N) is 2. The summed E-state index contributed by atoms with van der Waals surface area (Å²) in [6, 6.07) is 13.9. The van der Waals surface area contributed by atoms with Gasteiger partial charge in [-0.15, -0.1) is 13.2 Å². The fourth-order valence-corrected chi connectivity index (χ4v) is 4.15. The standard InChI is InChI=1S/C25H27F3N4O/c1-16-8-6-9-17(2)23(16)31-22-15-21(18-10-7-13-20(14-18)33-25(26,27)28)30-24(32-22)29-19-11-4-3-5-12-19/h6-10,13-15,19H,3-5,11-12H2,1-2H3,(H2,29,30,31,32). The van der Waals surface area contributed by atoms with E-state index in [0.29, 0.717) is 23.0 Å². The van der Waals surface area contributed by atoms with Crippen LogP contribution in [0.1, 0.15) is 43.2 Å². The van der Waals surface area contributed by atoms with E-state index in [1.807, 2.05) is 32.0 Å². The molecule has 174 valence electrons. The lowest BCUT2D eigenvalue weighted by Gasteiger charge is -2.23. The molecule has 3 aromatic rings. The van der Waals surface area contributed by atoms with Crippen LogP contribution in [0.5, 0.6) is 5.75 Å². The number of halogens is 3. The molecule has 1 fully saturated rings. The minimum Gasteiger partial charge on any atom is -0.406 e. The molecule has 2 N–H and O–H groups in total. The Hall–Kier alpha value is -3.29. The molecule has 0 atom stereocenters. The number of nitrogens with one attached hydrogen (secondary N) is 2. The highest BCUT2D eigenvalue weighted by Gasteiger charge is 2.31. The summed E-state index contributed by atoms with van der Waals surface area (Å²) in [5.41, 5.74) is 4.09. The Morgan fingerprint density at radius 2 is 1.61 bits per heavy atom. The fraction of sp³-hybridized carbons (Fsp3) is 0.360. The van der Waals surface area contributed by atoms with E-state index in [4.69, 9.17) is 0 Å². The minimum atomic E-state index is -4.76. The largest absolute Gasteiger partial charge is 0.573 e. The summed E-state index contributed by atoms with van der Waals surface area (Å²) in [6.07, 6.45) is 0.866. The third-order valence-electron chi connectivity index (χ3n) is 5.76. The molecule has 0 saturated heterocycles. The molecule has 5 nitrogen and oxygen atoms in total. The third-order valence-corrected chi connectivity index (χ3v) is 5.76. The molecule has 33 heavy (non-hydrogen) atoms. The highest BCUT2D eigenvalue weighted by Crippen LogP contribution is 2.31. The van der Waals surface area contributed by atoms with Crippen molar-refractivity contribution in [3.63, 3.8) is 0 Å². The molecule has 0 unspecified atom stereocenters. The first-order chi connectivity index (χ1) is 15.8. The molecule has 0 amide bonds. The number of hydrogen-bond acceptors (Lipinski definition) is 5. The quantitative estimate of drug-likeness (QED) is 0.413. The van der Waals surface area contributed by atoms with Gasteiger partial charge in [0.25, 0.3) is 0 Å². The van der Waals surface area contributed by atoms with Crippen LogP contribution < -0.4 is 15.4 Å². The topological polar surface area (TPSA) is 59.1 Å². The predicted molar refractivity (Wildman–Crippen MR) is 124 cm³/mol. The van der Waals surface area contributed by atoms with Crippen LogP contribution in [0, 0.1) is 13.8 Å². The van der Waals surface area contributed by atoms with Crippen molar-refractivity contribution in [3.8, 4) is 17.0 Å². The summed E-state index contributed by atoms with van der Waals surface area (Å²) in [5.74, 6) is 0.734. The van der Waals surface area contributed by atoms with Gasteiger partial charge in [-0.1, -0.05) is 49.6 Å². The van der Waals surface area contributed by atoms with Crippen LogP contribution in [0.25, 0.3) is 11.3 Å². The van der Waals surface area contributed by atoms with E-state index in [9.17, 15) is 13.2 Å². The molecule has 1 aliphatic rings. The van der Waals surface area contributed by atoms with Crippen LogP contribution in [-0.2, 0) is 0 Å². The summed E-state index contributed by atoms with van der Waals surface area (Å²) in [5, 5.41) is 6.80. The average Bonchev–Trinajstić information content (AvgIpc) is 2.76. The van der Waals surface area contributed by atoms with Gasteiger partial charge in [0.05, 0.1) is 5.69 Å². The average molecular weight is 457 g/mol. The maximum absolute atomic E-state index is 12.7. The Balaban J connectivity index is 1.70. The van der Waals surface area contributed by atoms with E-state index < -0.39 is 6.36 Å². The minimum absolute atomic E-state index is 0.280. The van der Waals surface area contributed by atoms with E-state index in [1.54, 1.807) is 12.1 Å². The van der Waals surface area contributed by atoms with Crippen LogP contribution in [0.15, 0.2) is 48.5 Å². The number of hydrogen-bond donors (Lipinski definition) is 2. The van der Waals surface area contributed by atoms with Crippen molar-refractivity contribution >= 4 is 17.5 Å². The van der Waals surface area contributed by atoms with Gasteiger partial charge in [-0.05, 0) is 49.9 Å². The van der Waals surface area contributed by atoms with Crippen LogP contribution in [0.2, 0.25) is 0 Å². The summed E-state index contributed by atoms with van der Waals surface area (Å²) < 4.78 is 42.2. The smallest absolute Gasteiger partial charge is 0.406 e. The van der Waals surface area contributed by atoms with Crippen LogP contribution in [0.4, 0.5) is 30.6 Å². The lowest BCUT2D eigenvalue weighted by molar-refractivity contribution is -0.274. The Labute approximate surface area is 191 Å². The molecule has 1 heterocycles. The predicted octanol–water partition coefficient (Wildman–Crippen LogP) is 7.15. The molecule has 1 aromatic heterocycles. The number of para-hydroxylation sites is 1.